The van der Waals surface area contributed by atoms with Crippen LogP contribution in [-0.4, -0.2) is 70.6 Å². The van der Waals surface area contributed by atoms with E-state index in [1.165, 1.54) is 23.5 Å². The van der Waals surface area contributed by atoms with E-state index in [0.29, 0.717) is 10.8 Å². The van der Waals surface area contributed by atoms with Crippen molar-refractivity contribution in [2.75, 3.05) is 32.3 Å². The van der Waals surface area contributed by atoms with E-state index in [9.17, 15) is 14.4 Å². The molecule has 7 N–H and O–H groups in total. The van der Waals surface area contributed by atoms with Crippen molar-refractivity contribution in [3.05, 3.63) is 54.1 Å². The summed E-state index contributed by atoms with van der Waals surface area (Å²) < 4.78 is 11.3. The molecule has 0 saturated heterocycles. The van der Waals surface area contributed by atoms with Crippen LogP contribution in [0.1, 0.15) is 15.3 Å². The Kier molecular flexibility index (Phi) is 116. The van der Waals surface area contributed by atoms with Gasteiger partial charge in [0.05, 0.1) is 30.6 Å². The van der Waals surface area contributed by atoms with Crippen LogP contribution in [0, 0.1) is 19.7 Å². The number of carboxylic acid groups (broad SMARTS) is 1. The van der Waals surface area contributed by atoms with Crippen molar-refractivity contribution >= 4 is 95.4 Å². The summed E-state index contributed by atoms with van der Waals surface area (Å²) in [6.07, 6.45) is 3.50. The molecule has 0 aromatic rings. The first-order valence-electron chi connectivity index (χ1n) is 8.06. The summed E-state index contributed by atoms with van der Waals surface area (Å²) in [7, 11) is 0. The van der Waals surface area contributed by atoms with E-state index < -0.39 is 17.9 Å². The number of aliphatic carboxylic acids is 1. The van der Waals surface area contributed by atoms with Gasteiger partial charge in [-0.2, -0.15) is 0 Å². The summed E-state index contributed by atoms with van der Waals surface area (Å²) in [5.74, 6) is -2.33. The molecule has 214 valence electrons. The number of thioether (sulfide) groups is 2. The Hall–Kier alpha value is 1.53. The second kappa shape index (κ2) is 60.7. The summed E-state index contributed by atoms with van der Waals surface area (Å²) in [5.41, 5.74) is -0.471. The zero-order chi connectivity index (χ0) is 26.8. The molecule has 23 heteroatoms. The fraction of sp³-hybridized carbons (Fsp3) is 0.389. The number of hydrogen-bond acceptors (Lipinski definition) is 13. The molecule has 0 aliphatic carbocycles. The van der Waals surface area contributed by atoms with Gasteiger partial charge in [0.15, 0.2) is 0 Å². The number of carboxylic acids is 1. The standard InChI is InChI=1S/2C6H7NO2S2.C5H7NO2.CS2.FH.H3N.4Na.2H2O.H/c1-7-4(5(8)9)6(10-2)11-3;1-3-9-5(8)4(7-2)6(10)11;1-3-8-5(7)4-6-2;2-1-3;;;;;;;;;/h2-3H3,(H,8,9);10-11H,3H2,1H3;3-4H2,1H3;;1H;1H3;;;;;2*1H2;/q;;;;;;4*+1;;;-1/p-3. The van der Waals surface area contributed by atoms with E-state index in [-0.39, 0.29) is 170 Å². The third-order valence-corrected chi connectivity index (χ3v) is 4.68. The summed E-state index contributed by atoms with van der Waals surface area (Å²) in [6, 6.07) is 0. The van der Waals surface area contributed by atoms with Gasteiger partial charge in [0.2, 0.25) is 5.70 Å². The van der Waals surface area contributed by atoms with Gasteiger partial charge in [0, 0.05) is 4.31 Å². The van der Waals surface area contributed by atoms with Gasteiger partial charge < -0.3 is 67.4 Å². The van der Waals surface area contributed by atoms with Gasteiger partial charge in [0.25, 0.3) is 5.70 Å². The number of hydrogen-bond donors (Lipinski definition) is 2. The van der Waals surface area contributed by atoms with Crippen LogP contribution in [0.15, 0.2) is 19.9 Å². The van der Waals surface area contributed by atoms with Crippen molar-refractivity contribution in [1.82, 2.24) is 6.15 Å². The average Bonchev–Trinajstić information content (AvgIpc) is 2.74. The van der Waals surface area contributed by atoms with Gasteiger partial charge in [-0.05, 0) is 50.8 Å². The Labute approximate surface area is 360 Å². The van der Waals surface area contributed by atoms with Crippen molar-refractivity contribution in [2.24, 2.45) is 0 Å². The molecule has 0 spiro atoms. The molecule has 0 saturated carbocycles. The number of thiocarbonyl (C=S) groups is 2. The van der Waals surface area contributed by atoms with Crippen LogP contribution in [-0.2, 0) is 49.1 Å². The third kappa shape index (κ3) is 54.4. The largest absolute Gasteiger partial charge is 1.00 e. The summed E-state index contributed by atoms with van der Waals surface area (Å²) >= 11 is 19.4. The molecular weight excluding hydrogens is 704 g/mol. The molecule has 0 aliphatic rings. The maximum atomic E-state index is 10.8. The Morgan fingerprint density at radius 3 is 1.44 bits per heavy atom. The Morgan fingerprint density at radius 2 is 1.27 bits per heavy atom. The van der Waals surface area contributed by atoms with E-state index >= 15 is 0 Å². The second-order valence-electron chi connectivity index (χ2n) is 4.13. The fourth-order valence-corrected chi connectivity index (χ4v) is 2.68. The van der Waals surface area contributed by atoms with E-state index in [1.54, 1.807) is 26.4 Å². The Balaban J connectivity index is -0.0000000238. The van der Waals surface area contributed by atoms with E-state index in [4.69, 9.17) is 24.8 Å². The third-order valence-electron chi connectivity index (χ3n) is 2.17. The molecule has 0 radical (unpaired) electrons. The van der Waals surface area contributed by atoms with Crippen molar-refractivity contribution in [3.8, 4) is 0 Å². The molecule has 0 heterocycles. The number of ether oxygens (including phenoxy) is 2. The number of nitrogens with zero attached hydrogens (tertiary/aromatic N) is 3. The molecule has 0 aliphatic heterocycles. The summed E-state index contributed by atoms with van der Waals surface area (Å²) in [5, 5.41) is 8.51. The Bertz CT molecular complexity index is 893. The normalized spacial score (nSPS) is 6.07. The van der Waals surface area contributed by atoms with Gasteiger partial charge in [-0.15, -0.1) is 23.5 Å². The first-order chi connectivity index (χ1) is 15.5. The van der Waals surface area contributed by atoms with Crippen molar-refractivity contribution in [3.63, 3.8) is 0 Å². The smallest absolute Gasteiger partial charge is 1.00 e. The average molecular weight is 731 g/mol. The quantitative estimate of drug-likeness (QED) is 0.0625. The van der Waals surface area contributed by atoms with Crippen LogP contribution in [0.25, 0.3) is 14.5 Å². The van der Waals surface area contributed by atoms with Crippen LogP contribution in [0.2, 0.25) is 0 Å². The van der Waals surface area contributed by atoms with Crippen LogP contribution >= 0.6 is 48.0 Å². The minimum atomic E-state index is -1.15. The molecule has 0 bridgehead atoms. The topological polar surface area (TPSA) is 199 Å². The zero-order valence-electron chi connectivity index (χ0n) is 25.0. The second-order valence-corrected chi connectivity index (χ2v) is 7.77. The monoisotopic (exact) mass is 730 g/mol. The molecule has 0 fully saturated rings. The minimum absolute atomic E-state index is 0. The fourth-order valence-electron chi connectivity index (χ4n) is 1.10. The van der Waals surface area contributed by atoms with Gasteiger partial charge in [-0.1, -0.05) is 0 Å². The predicted molar refractivity (Wildman–Crippen MR) is 156 cm³/mol. The molecule has 0 aromatic heterocycles. The first-order valence-corrected chi connectivity index (χ1v) is 12.1. The maximum absolute atomic E-state index is 10.8. The molecule has 0 rings (SSSR count). The van der Waals surface area contributed by atoms with Crippen molar-refractivity contribution < 1.29 is 164 Å². The van der Waals surface area contributed by atoms with E-state index in [1.807, 2.05) is 4.31 Å². The molecule has 0 atom stereocenters. The van der Waals surface area contributed by atoms with E-state index in [0.717, 1.165) is 0 Å². The summed E-state index contributed by atoms with van der Waals surface area (Å²) in [4.78, 5) is 40.0. The molecule has 0 amide bonds. The van der Waals surface area contributed by atoms with Gasteiger partial charge in [0.1, 0.15) is 0 Å². The van der Waals surface area contributed by atoms with E-state index in [2.05, 4.69) is 73.7 Å². The molecule has 0 aromatic carbocycles. The van der Waals surface area contributed by atoms with Crippen molar-refractivity contribution in [1.29, 1.82) is 0 Å². The first kappa shape index (κ1) is 78.7. The summed E-state index contributed by atoms with van der Waals surface area (Å²) in [6.45, 7) is 23.1. The van der Waals surface area contributed by atoms with Gasteiger partial charge in [-0.25, -0.2) is 21.1 Å². The van der Waals surface area contributed by atoms with Crippen molar-refractivity contribution in [2.45, 2.75) is 13.8 Å². The Morgan fingerprint density at radius 1 is 0.927 bits per heavy atom. The van der Waals surface area contributed by atoms with Gasteiger partial charge in [-0.3, -0.25) is 14.3 Å². The molecule has 12 nitrogen and oxygen atoms in total. The van der Waals surface area contributed by atoms with Gasteiger partial charge >= 0.3 is 143 Å². The number of carbonyl (C=O) groups is 3. The number of carbonyl (C=O) groups excluding carboxylic acids is 2. The number of esters is 2. The van der Waals surface area contributed by atoms with Crippen LogP contribution in [0.5, 0.6) is 0 Å². The molecule has 0 unspecified atom stereocenters. The van der Waals surface area contributed by atoms with Crippen LogP contribution in [0.3, 0.4) is 0 Å². The zero-order valence-corrected chi connectivity index (χ0v) is 36.9. The SMILES string of the molecule is F.N.O.S=C=S.[C-]#[N+]C(C(=O)O)=C(SC)SC.[C-]#[N+]C(C(=O)OCC)=C([S-])[S-].[C-]#[N+]CC(=O)OCC.[H-].[Na+].[Na+].[Na+].[Na+].[OH-]. The van der Waals surface area contributed by atoms with Crippen LogP contribution < -0.4 is 124 Å². The van der Waals surface area contributed by atoms with Crippen LogP contribution in [0.4, 0.5) is 4.70 Å². The molecule has 41 heavy (non-hydrogen) atoms. The molecular formula is C18H27FN4Na4O8S6. The number of rotatable bonds is 7. The predicted octanol–water partition coefficient (Wildman–Crippen LogP) is -8.45. The maximum Gasteiger partial charge on any atom is 1.00 e. The minimum Gasteiger partial charge on any atom is -1.00 e. The number of halogens is 1.